The minimum absolute atomic E-state index is 0.122. The molecule has 1 heterocycles. The number of nitrogens with one attached hydrogen (secondary N) is 2. The molecule has 0 aliphatic carbocycles. The second-order valence-electron chi connectivity index (χ2n) is 4.25. The third-order valence-electron chi connectivity index (χ3n) is 3.07. The van der Waals surface area contributed by atoms with Crippen molar-refractivity contribution in [3.8, 4) is 0 Å². The Hall–Kier alpha value is -1.43. The molecular formula is C12H17N3O2. The lowest BCUT2D eigenvalue weighted by Gasteiger charge is -2.19. The topological polar surface area (TPSA) is 76.4 Å². The van der Waals surface area contributed by atoms with Crippen molar-refractivity contribution >= 4 is 5.97 Å². The fourth-order valence-corrected chi connectivity index (χ4v) is 2.09. The quantitative estimate of drug-likeness (QED) is 0.630. The van der Waals surface area contributed by atoms with Gasteiger partial charge in [-0.25, -0.2) is 10.9 Å². The van der Waals surface area contributed by atoms with Crippen molar-refractivity contribution in [3.63, 3.8) is 0 Å². The van der Waals surface area contributed by atoms with Crippen LogP contribution in [0.5, 0.6) is 0 Å². The highest BCUT2D eigenvalue weighted by Crippen LogP contribution is 2.26. The van der Waals surface area contributed by atoms with Crippen LogP contribution in [0.2, 0.25) is 0 Å². The van der Waals surface area contributed by atoms with Crippen LogP contribution in [0.4, 0.5) is 0 Å². The van der Waals surface area contributed by atoms with Gasteiger partial charge in [0.1, 0.15) is 6.04 Å². The van der Waals surface area contributed by atoms with Crippen LogP contribution in [0.15, 0.2) is 24.3 Å². The van der Waals surface area contributed by atoms with E-state index < -0.39 is 6.04 Å². The minimum Gasteiger partial charge on any atom is -0.468 e. The molecule has 0 amide bonds. The van der Waals surface area contributed by atoms with Crippen molar-refractivity contribution in [2.24, 2.45) is 5.73 Å². The number of carbonyl (C=O) groups is 1. The Morgan fingerprint density at radius 2 is 1.94 bits per heavy atom. The second-order valence-corrected chi connectivity index (χ2v) is 4.25. The summed E-state index contributed by atoms with van der Waals surface area (Å²) in [7, 11) is 1.38. The SMILES string of the molecule is COC(=O)C1NNC(N)C1c1ccc(C)cc1. The van der Waals surface area contributed by atoms with Gasteiger partial charge in [-0.2, -0.15) is 0 Å². The minimum atomic E-state index is -0.447. The number of benzene rings is 1. The van der Waals surface area contributed by atoms with E-state index in [2.05, 4.69) is 10.9 Å². The zero-order valence-corrected chi connectivity index (χ0v) is 9.94. The van der Waals surface area contributed by atoms with Crippen molar-refractivity contribution in [1.29, 1.82) is 0 Å². The Morgan fingerprint density at radius 1 is 1.29 bits per heavy atom. The summed E-state index contributed by atoms with van der Waals surface area (Å²) in [5, 5.41) is 0. The first-order chi connectivity index (χ1) is 8.13. The maximum atomic E-state index is 11.6. The normalized spacial score (nSPS) is 28.1. The van der Waals surface area contributed by atoms with E-state index in [4.69, 9.17) is 10.5 Å². The monoisotopic (exact) mass is 235 g/mol. The zero-order valence-electron chi connectivity index (χ0n) is 9.94. The Bertz CT molecular complexity index is 405. The molecule has 92 valence electrons. The zero-order chi connectivity index (χ0) is 12.4. The third kappa shape index (κ3) is 2.31. The number of hydrogen-bond acceptors (Lipinski definition) is 5. The smallest absolute Gasteiger partial charge is 0.324 e. The maximum absolute atomic E-state index is 11.6. The van der Waals surface area contributed by atoms with Gasteiger partial charge in [-0.1, -0.05) is 29.8 Å². The van der Waals surface area contributed by atoms with E-state index >= 15 is 0 Å². The summed E-state index contributed by atoms with van der Waals surface area (Å²) in [4.78, 5) is 11.6. The van der Waals surface area contributed by atoms with Gasteiger partial charge in [0.05, 0.1) is 13.3 Å². The molecule has 0 saturated carbocycles. The van der Waals surface area contributed by atoms with E-state index in [1.807, 2.05) is 31.2 Å². The van der Waals surface area contributed by atoms with Gasteiger partial charge in [0, 0.05) is 5.92 Å². The molecule has 1 aromatic rings. The first kappa shape index (κ1) is 12.0. The molecule has 3 unspecified atom stereocenters. The van der Waals surface area contributed by atoms with Crippen molar-refractivity contribution in [2.45, 2.75) is 25.0 Å². The first-order valence-electron chi connectivity index (χ1n) is 5.54. The van der Waals surface area contributed by atoms with Crippen LogP contribution in [0.25, 0.3) is 0 Å². The molecule has 3 atom stereocenters. The second kappa shape index (κ2) is 4.83. The van der Waals surface area contributed by atoms with Gasteiger partial charge in [-0.3, -0.25) is 4.79 Å². The van der Waals surface area contributed by atoms with Crippen molar-refractivity contribution in [3.05, 3.63) is 35.4 Å². The van der Waals surface area contributed by atoms with Crippen LogP contribution in [0.3, 0.4) is 0 Å². The standard InChI is InChI=1S/C12H17N3O2/c1-7-3-5-8(6-4-7)9-10(12(16)17-2)14-15-11(9)13/h3-6,9-11,14-15H,13H2,1-2H3. The van der Waals surface area contributed by atoms with Crippen molar-refractivity contribution in [1.82, 2.24) is 10.9 Å². The number of esters is 1. The summed E-state index contributed by atoms with van der Waals surface area (Å²) in [6, 6.07) is 7.55. The van der Waals surface area contributed by atoms with Gasteiger partial charge in [-0.05, 0) is 12.5 Å². The van der Waals surface area contributed by atoms with Crippen LogP contribution in [-0.2, 0) is 9.53 Å². The first-order valence-corrected chi connectivity index (χ1v) is 5.54. The highest BCUT2D eigenvalue weighted by Gasteiger charge is 2.39. The molecule has 17 heavy (non-hydrogen) atoms. The molecule has 1 aliphatic heterocycles. The number of carbonyl (C=O) groups excluding carboxylic acids is 1. The van der Waals surface area contributed by atoms with Crippen molar-refractivity contribution in [2.75, 3.05) is 7.11 Å². The van der Waals surface area contributed by atoms with Gasteiger partial charge in [0.2, 0.25) is 0 Å². The fourth-order valence-electron chi connectivity index (χ4n) is 2.09. The molecule has 1 fully saturated rings. The molecule has 1 aromatic carbocycles. The van der Waals surface area contributed by atoms with E-state index in [-0.39, 0.29) is 18.1 Å². The maximum Gasteiger partial charge on any atom is 0.324 e. The van der Waals surface area contributed by atoms with Gasteiger partial charge in [-0.15, -0.1) is 0 Å². The largest absolute Gasteiger partial charge is 0.468 e. The molecule has 1 saturated heterocycles. The molecule has 5 heteroatoms. The molecule has 0 bridgehead atoms. The molecular weight excluding hydrogens is 218 g/mol. The molecule has 0 spiro atoms. The average Bonchev–Trinajstić information content (AvgIpc) is 2.71. The van der Waals surface area contributed by atoms with Crippen LogP contribution < -0.4 is 16.6 Å². The lowest BCUT2D eigenvalue weighted by atomic mass is 9.90. The number of nitrogens with two attached hydrogens (primary N) is 1. The molecule has 1 aliphatic rings. The molecule has 0 radical (unpaired) electrons. The Morgan fingerprint density at radius 3 is 2.53 bits per heavy atom. The molecule has 2 rings (SSSR count). The van der Waals surface area contributed by atoms with Crippen LogP contribution in [0.1, 0.15) is 17.0 Å². The number of rotatable bonds is 2. The number of aryl methyl sites for hydroxylation is 1. The molecule has 5 nitrogen and oxygen atoms in total. The fraction of sp³-hybridized carbons (Fsp3) is 0.417. The van der Waals surface area contributed by atoms with Crippen LogP contribution >= 0.6 is 0 Å². The van der Waals surface area contributed by atoms with Gasteiger partial charge in [0.25, 0.3) is 0 Å². The summed E-state index contributed by atoms with van der Waals surface area (Å²) >= 11 is 0. The van der Waals surface area contributed by atoms with E-state index in [0.717, 1.165) is 5.56 Å². The predicted octanol–water partition coefficient (Wildman–Crippen LogP) is 0.0128. The summed E-state index contributed by atoms with van der Waals surface area (Å²) in [6.45, 7) is 2.02. The van der Waals surface area contributed by atoms with Gasteiger partial charge < -0.3 is 10.5 Å². The van der Waals surface area contributed by atoms with Crippen LogP contribution in [-0.4, -0.2) is 25.3 Å². The van der Waals surface area contributed by atoms with Crippen molar-refractivity contribution < 1.29 is 9.53 Å². The average molecular weight is 235 g/mol. The Labute approximate surface area is 100 Å². The van der Waals surface area contributed by atoms with Crippen LogP contribution in [0, 0.1) is 6.92 Å². The van der Waals surface area contributed by atoms with E-state index in [1.54, 1.807) is 0 Å². The Balaban J connectivity index is 2.27. The highest BCUT2D eigenvalue weighted by atomic mass is 16.5. The van der Waals surface area contributed by atoms with E-state index in [0.29, 0.717) is 0 Å². The predicted molar refractivity (Wildman–Crippen MR) is 64.0 cm³/mol. The number of hydrogen-bond donors (Lipinski definition) is 3. The molecule has 0 aromatic heterocycles. The molecule has 4 N–H and O–H groups in total. The number of ether oxygens (including phenoxy) is 1. The number of methoxy groups -OCH3 is 1. The summed E-state index contributed by atoms with van der Waals surface area (Å²) in [5.74, 6) is -0.431. The highest BCUT2D eigenvalue weighted by molar-refractivity contribution is 5.77. The summed E-state index contributed by atoms with van der Waals surface area (Å²) < 4.78 is 4.76. The van der Waals surface area contributed by atoms with Gasteiger partial charge >= 0.3 is 5.97 Å². The Kier molecular flexibility index (Phi) is 3.42. The van der Waals surface area contributed by atoms with Gasteiger partial charge in [0.15, 0.2) is 0 Å². The lowest BCUT2D eigenvalue weighted by molar-refractivity contribution is -0.143. The van der Waals surface area contributed by atoms with E-state index in [9.17, 15) is 4.79 Å². The number of hydrazine groups is 1. The lowest BCUT2D eigenvalue weighted by Crippen LogP contribution is -2.39. The summed E-state index contributed by atoms with van der Waals surface area (Å²) in [6.07, 6.45) is -0.304. The van der Waals surface area contributed by atoms with E-state index in [1.165, 1.54) is 12.7 Å². The summed E-state index contributed by atoms with van der Waals surface area (Å²) in [5.41, 5.74) is 13.9. The third-order valence-corrected chi connectivity index (χ3v) is 3.07.